The van der Waals surface area contributed by atoms with Gasteiger partial charge in [0.15, 0.2) is 0 Å². The van der Waals surface area contributed by atoms with Gasteiger partial charge in [0.2, 0.25) is 0 Å². The van der Waals surface area contributed by atoms with Crippen molar-refractivity contribution in [2.45, 2.75) is 24.9 Å². The van der Waals surface area contributed by atoms with Crippen molar-refractivity contribution < 1.29 is 24.5 Å². The maximum absolute atomic E-state index is 12.2. The lowest BCUT2D eigenvalue weighted by atomic mass is 9.98. The maximum atomic E-state index is 12.2. The molecule has 4 rings (SSSR count). The number of alkyl carbamates (subject to hydrolysis) is 1. The number of aliphatic hydroxyl groups excluding tert-OH is 1. The fourth-order valence-corrected chi connectivity index (χ4v) is 4.39. The van der Waals surface area contributed by atoms with E-state index >= 15 is 0 Å². The second-order valence-electron chi connectivity index (χ2n) is 7.54. The molecular formula is C22H23NO5. The van der Waals surface area contributed by atoms with Gasteiger partial charge in [-0.25, -0.2) is 4.79 Å². The molecule has 0 aliphatic heterocycles. The lowest BCUT2D eigenvalue weighted by molar-refractivity contribution is -0.141. The van der Waals surface area contributed by atoms with E-state index in [0.717, 1.165) is 11.1 Å². The number of carboxylic acid groups (broad SMARTS) is 1. The lowest BCUT2D eigenvalue weighted by Crippen LogP contribution is -2.33. The zero-order chi connectivity index (χ0) is 19.7. The summed E-state index contributed by atoms with van der Waals surface area (Å²) < 4.78 is 5.46. The molecule has 1 fully saturated rings. The number of carbonyl (C=O) groups is 2. The van der Waals surface area contributed by atoms with Gasteiger partial charge in [-0.2, -0.15) is 0 Å². The number of hydrogen-bond donors (Lipinski definition) is 3. The van der Waals surface area contributed by atoms with E-state index in [4.69, 9.17) is 9.84 Å². The number of carbonyl (C=O) groups excluding carboxylic acids is 1. The van der Waals surface area contributed by atoms with Gasteiger partial charge in [0.05, 0.1) is 12.0 Å². The van der Waals surface area contributed by atoms with Crippen molar-refractivity contribution in [2.24, 2.45) is 11.8 Å². The van der Waals surface area contributed by atoms with E-state index in [0.29, 0.717) is 6.42 Å². The Hall–Kier alpha value is -2.86. The van der Waals surface area contributed by atoms with Crippen LogP contribution in [0, 0.1) is 11.8 Å². The predicted molar refractivity (Wildman–Crippen MR) is 103 cm³/mol. The minimum atomic E-state index is -0.900. The third kappa shape index (κ3) is 3.47. The Kier molecular flexibility index (Phi) is 5.05. The Morgan fingerprint density at radius 1 is 1.00 bits per heavy atom. The van der Waals surface area contributed by atoms with Gasteiger partial charge >= 0.3 is 12.1 Å². The lowest BCUT2D eigenvalue weighted by Gasteiger charge is -2.17. The number of rotatable bonds is 5. The molecule has 0 heterocycles. The van der Waals surface area contributed by atoms with Crippen LogP contribution in [0.2, 0.25) is 0 Å². The normalized spacial score (nSPS) is 23.1. The quantitative estimate of drug-likeness (QED) is 0.740. The number of nitrogens with one attached hydrogen (secondary N) is 1. The minimum absolute atomic E-state index is 0.00777. The third-order valence-corrected chi connectivity index (χ3v) is 5.86. The Bertz CT molecular complexity index is 851. The summed E-state index contributed by atoms with van der Waals surface area (Å²) in [4.78, 5) is 23.2. The second-order valence-corrected chi connectivity index (χ2v) is 7.54. The molecule has 3 atom stereocenters. The molecule has 0 bridgehead atoms. The monoisotopic (exact) mass is 381 g/mol. The van der Waals surface area contributed by atoms with Crippen LogP contribution in [-0.4, -0.2) is 41.5 Å². The van der Waals surface area contributed by atoms with E-state index in [1.54, 1.807) is 0 Å². The van der Waals surface area contributed by atoms with Gasteiger partial charge in [-0.15, -0.1) is 0 Å². The van der Waals surface area contributed by atoms with E-state index in [9.17, 15) is 14.7 Å². The zero-order valence-corrected chi connectivity index (χ0v) is 15.4. The first-order valence-corrected chi connectivity index (χ1v) is 9.54. The van der Waals surface area contributed by atoms with Crippen molar-refractivity contribution in [3.8, 4) is 11.1 Å². The molecule has 6 heteroatoms. The summed E-state index contributed by atoms with van der Waals surface area (Å²) in [6, 6.07) is 16.2. The molecule has 0 saturated heterocycles. The van der Waals surface area contributed by atoms with Crippen LogP contribution in [0.25, 0.3) is 11.1 Å². The molecule has 0 spiro atoms. The summed E-state index contributed by atoms with van der Waals surface area (Å²) in [5.41, 5.74) is 4.63. The van der Waals surface area contributed by atoms with E-state index < -0.39 is 24.1 Å². The number of hydrogen-bond acceptors (Lipinski definition) is 4. The molecule has 1 amide bonds. The second kappa shape index (κ2) is 7.64. The van der Waals surface area contributed by atoms with Crippen molar-refractivity contribution in [3.63, 3.8) is 0 Å². The van der Waals surface area contributed by atoms with E-state index in [1.807, 2.05) is 24.3 Å². The number of carboxylic acids is 1. The Morgan fingerprint density at radius 2 is 1.61 bits per heavy atom. The third-order valence-electron chi connectivity index (χ3n) is 5.86. The minimum Gasteiger partial charge on any atom is -0.481 e. The Labute approximate surface area is 163 Å². The Balaban J connectivity index is 1.35. The van der Waals surface area contributed by atoms with Crippen LogP contribution in [0.5, 0.6) is 0 Å². The molecule has 2 aliphatic carbocycles. The molecule has 2 aromatic carbocycles. The van der Waals surface area contributed by atoms with Crippen molar-refractivity contribution in [1.29, 1.82) is 0 Å². The van der Waals surface area contributed by atoms with Crippen molar-refractivity contribution in [3.05, 3.63) is 59.7 Å². The fraction of sp³-hybridized carbons (Fsp3) is 0.364. The first kappa shape index (κ1) is 18.5. The van der Waals surface area contributed by atoms with Gasteiger partial charge in [-0.05, 0) is 35.1 Å². The van der Waals surface area contributed by atoms with Gasteiger partial charge in [-0.3, -0.25) is 4.79 Å². The molecule has 6 nitrogen and oxygen atoms in total. The largest absolute Gasteiger partial charge is 0.481 e. The van der Waals surface area contributed by atoms with Crippen LogP contribution < -0.4 is 5.32 Å². The molecule has 0 aromatic heterocycles. The van der Waals surface area contributed by atoms with Crippen LogP contribution in [0.1, 0.15) is 29.9 Å². The van der Waals surface area contributed by atoms with E-state index in [2.05, 4.69) is 29.6 Å². The summed E-state index contributed by atoms with van der Waals surface area (Å²) in [5.74, 6) is -1.72. The number of aliphatic hydroxyl groups is 1. The molecule has 2 aliphatic rings. The van der Waals surface area contributed by atoms with Crippen molar-refractivity contribution in [2.75, 3.05) is 13.2 Å². The topological polar surface area (TPSA) is 95.9 Å². The van der Waals surface area contributed by atoms with Crippen LogP contribution in [0.4, 0.5) is 4.79 Å². The predicted octanol–water partition coefficient (Wildman–Crippen LogP) is 3.00. The van der Waals surface area contributed by atoms with Gasteiger partial charge in [0, 0.05) is 18.4 Å². The van der Waals surface area contributed by atoms with Crippen LogP contribution in [0.15, 0.2) is 48.5 Å². The maximum Gasteiger partial charge on any atom is 0.407 e. The summed E-state index contributed by atoms with van der Waals surface area (Å²) in [6.45, 7) is 0.437. The van der Waals surface area contributed by atoms with Crippen molar-refractivity contribution in [1.82, 2.24) is 5.32 Å². The smallest absolute Gasteiger partial charge is 0.407 e. The number of ether oxygens (including phenoxy) is 1. The highest BCUT2D eigenvalue weighted by atomic mass is 16.5. The molecule has 146 valence electrons. The number of fused-ring (bicyclic) bond motifs is 3. The molecule has 0 radical (unpaired) electrons. The highest BCUT2D eigenvalue weighted by molar-refractivity contribution is 5.79. The molecule has 28 heavy (non-hydrogen) atoms. The van der Waals surface area contributed by atoms with Gasteiger partial charge in [0.1, 0.15) is 6.61 Å². The summed E-state index contributed by atoms with van der Waals surface area (Å²) in [7, 11) is 0. The average molecular weight is 381 g/mol. The summed E-state index contributed by atoms with van der Waals surface area (Å²) in [5, 5.41) is 21.7. The van der Waals surface area contributed by atoms with Crippen LogP contribution in [0.3, 0.4) is 0 Å². The standard InChI is InChI=1S/C22H23NO5/c24-20-10-13(21(25)26)9-14(20)11-23-22(27)28-12-19-17-7-3-1-5-15(17)16-6-2-4-8-18(16)19/h1-8,13-14,19-20,24H,9-12H2,(H,23,27)(H,25,26)/t13-,14+,20+/m0/s1. The number of aliphatic carboxylic acids is 1. The molecule has 1 saturated carbocycles. The van der Waals surface area contributed by atoms with Gasteiger partial charge in [-0.1, -0.05) is 48.5 Å². The van der Waals surface area contributed by atoms with Crippen molar-refractivity contribution >= 4 is 12.1 Å². The van der Waals surface area contributed by atoms with Crippen LogP contribution in [-0.2, 0) is 9.53 Å². The van der Waals surface area contributed by atoms with E-state index in [-0.39, 0.29) is 31.4 Å². The van der Waals surface area contributed by atoms with Gasteiger partial charge in [0.25, 0.3) is 0 Å². The summed E-state index contributed by atoms with van der Waals surface area (Å²) >= 11 is 0. The molecule has 2 aromatic rings. The molecule has 0 unspecified atom stereocenters. The number of benzene rings is 2. The molecule has 3 N–H and O–H groups in total. The fourth-order valence-electron chi connectivity index (χ4n) is 4.39. The van der Waals surface area contributed by atoms with Crippen LogP contribution >= 0.6 is 0 Å². The van der Waals surface area contributed by atoms with E-state index in [1.165, 1.54) is 11.1 Å². The van der Waals surface area contributed by atoms with Gasteiger partial charge < -0.3 is 20.3 Å². The SMILES string of the molecule is O=C(NC[C@H]1C[C@H](C(=O)O)C[C@H]1O)OCC1c2ccccc2-c2ccccc21. The first-order valence-electron chi connectivity index (χ1n) is 9.54. The zero-order valence-electron chi connectivity index (χ0n) is 15.4. The Morgan fingerprint density at radius 3 is 2.18 bits per heavy atom. The first-order chi connectivity index (χ1) is 13.5. The average Bonchev–Trinajstić information content (AvgIpc) is 3.23. The molecular weight excluding hydrogens is 358 g/mol. The number of amides is 1. The highest BCUT2D eigenvalue weighted by Crippen LogP contribution is 2.44. The highest BCUT2D eigenvalue weighted by Gasteiger charge is 2.37. The summed E-state index contributed by atoms with van der Waals surface area (Å²) in [6.07, 6.45) is -0.671.